The highest BCUT2D eigenvalue weighted by Crippen LogP contribution is 2.28. The quantitative estimate of drug-likeness (QED) is 0.874. The first-order valence-corrected chi connectivity index (χ1v) is 6.00. The molecular weight excluding hydrogens is 315 g/mol. The lowest BCUT2D eigenvalue weighted by Crippen LogP contribution is -1.92. The lowest BCUT2D eigenvalue weighted by Gasteiger charge is -2.10. The summed E-state index contributed by atoms with van der Waals surface area (Å²) >= 11 is 2.22. The van der Waals surface area contributed by atoms with Crippen LogP contribution in [0.15, 0.2) is 48.5 Å². The molecule has 2 nitrogen and oxygen atoms in total. The van der Waals surface area contributed by atoms with E-state index < -0.39 is 0 Å². The van der Waals surface area contributed by atoms with Gasteiger partial charge in [0, 0.05) is 5.56 Å². The average Bonchev–Trinajstić information content (AvgIpc) is 2.33. The van der Waals surface area contributed by atoms with E-state index in [1.807, 2.05) is 48.5 Å². The predicted octanol–water partition coefficient (Wildman–Crippen LogP) is 3.58. The van der Waals surface area contributed by atoms with Crippen molar-refractivity contribution in [2.24, 2.45) is 0 Å². The highest BCUT2D eigenvalue weighted by Gasteiger charge is 2.05. The summed E-state index contributed by atoms with van der Waals surface area (Å²) in [6.45, 7) is -0.0143. The molecule has 0 aromatic heterocycles. The third-order valence-electron chi connectivity index (χ3n) is 2.20. The van der Waals surface area contributed by atoms with Crippen LogP contribution in [0.2, 0.25) is 0 Å². The number of ether oxygens (including phenoxy) is 1. The Bertz CT molecular complexity index is 483. The van der Waals surface area contributed by atoms with E-state index in [1.165, 1.54) is 0 Å². The lowest BCUT2D eigenvalue weighted by molar-refractivity contribution is 0.276. The molecule has 0 saturated heterocycles. The van der Waals surface area contributed by atoms with Crippen LogP contribution in [0.1, 0.15) is 5.56 Å². The Labute approximate surface area is 108 Å². The average molecular weight is 326 g/mol. The number of para-hydroxylation sites is 2. The monoisotopic (exact) mass is 326 g/mol. The summed E-state index contributed by atoms with van der Waals surface area (Å²) in [5, 5.41) is 9.18. The van der Waals surface area contributed by atoms with Crippen molar-refractivity contribution in [2.45, 2.75) is 6.61 Å². The SMILES string of the molecule is OCc1ccccc1Oc1ccccc1I. The smallest absolute Gasteiger partial charge is 0.140 e. The standard InChI is InChI=1S/C13H11IO2/c14-11-6-2-4-8-13(11)16-12-7-3-1-5-10(12)9-15/h1-8,15H,9H2. The Morgan fingerprint density at radius 2 is 1.56 bits per heavy atom. The molecule has 0 fully saturated rings. The molecule has 0 aliphatic heterocycles. The second kappa shape index (κ2) is 5.32. The zero-order valence-corrected chi connectivity index (χ0v) is 10.7. The van der Waals surface area contributed by atoms with Gasteiger partial charge in [0.25, 0.3) is 0 Å². The van der Waals surface area contributed by atoms with E-state index in [0.29, 0.717) is 5.75 Å². The molecule has 1 N–H and O–H groups in total. The van der Waals surface area contributed by atoms with Gasteiger partial charge < -0.3 is 9.84 Å². The van der Waals surface area contributed by atoms with E-state index in [0.717, 1.165) is 14.9 Å². The molecule has 16 heavy (non-hydrogen) atoms. The fourth-order valence-electron chi connectivity index (χ4n) is 1.38. The molecule has 0 aliphatic rings. The van der Waals surface area contributed by atoms with Gasteiger partial charge in [-0.25, -0.2) is 0 Å². The summed E-state index contributed by atoms with van der Waals surface area (Å²) in [7, 11) is 0. The van der Waals surface area contributed by atoms with E-state index >= 15 is 0 Å². The maximum atomic E-state index is 9.18. The summed E-state index contributed by atoms with van der Waals surface area (Å²) in [4.78, 5) is 0. The van der Waals surface area contributed by atoms with E-state index in [1.54, 1.807) is 0 Å². The second-order valence-electron chi connectivity index (χ2n) is 3.30. The van der Waals surface area contributed by atoms with Gasteiger partial charge in [0.1, 0.15) is 11.5 Å². The van der Waals surface area contributed by atoms with Crippen LogP contribution < -0.4 is 4.74 Å². The zero-order chi connectivity index (χ0) is 11.4. The molecule has 3 heteroatoms. The third kappa shape index (κ3) is 2.54. The van der Waals surface area contributed by atoms with Crippen molar-refractivity contribution >= 4 is 22.6 Å². The minimum absolute atomic E-state index is 0.0143. The summed E-state index contributed by atoms with van der Waals surface area (Å²) in [6, 6.07) is 15.3. The number of aliphatic hydroxyl groups is 1. The van der Waals surface area contributed by atoms with Crippen LogP contribution in [0.5, 0.6) is 11.5 Å². The maximum Gasteiger partial charge on any atom is 0.140 e. The Kier molecular flexibility index (Phi) is 3.79. The van der Waals surface area contributed by atoms with Crippen molar-refractivity contribution < 1.29 is 9.84 Å². The minimum Gasteiger partial charge on any atom is -0.456 e. The van der Waals surface area contributed by atoms with E-state index in [2.05, 4.69) is 22.6 Å². The first-order chi connectivity index (χ1) is 7.81. The van der Waals surface area contributed by atoms with Gasteiger partial charge in [-0.3, -0.25) is 0 Å². The first kappa shape index (κ1) is 11.4. The Morgan fingerprint density at radius 1 is 0.938 bits per heavy atom. The van der Waals surface area contributed by atoms with Gasteiger partial charge in [-0.1, -0.05) is 30.3 Å². The van der Waals surface area contributed by atoms with Gasteiger partial charge in [-0.05, 0) is 40.8 Å². The lowest BCUT2D eigenvalue weighted by atomic mass is 10.2. The van der Waals surface area contributed by atoms with Crippen molar-refractivity contribution in [3.63, 3.8) is 0 Å². The van der Waals surface area contributed by atoms with Gasteiger partial charge in [0.2, 0.25) is 0 Å². The first-order valence-electron chi connectivity index (χ1n) is 4.92. The predicted molar refractivity (Wildman–Crippen MR) is 71.6 cm³/mol. The summed E-state index contributed by atoms with van der Waals surface area (Å²) in [6.07, 6.45) is 0. The largest absolute Gasteiger partial charge is 0.456 e. The molecule has 0 unspecified atom stereocenters. The molecule has 2 aromatic carbocycles. The Morgan fingerprint density at radius 3 is 2.25 bits per heavy atom. The highest BCUT2D eigenvalue weighted by molar-refractivity contribution is 14.1. The molecule has 0 heterocycles. The van der Waals surface area contributed by atoms with Crippen molar-refractivity contribution in [1.82, 2.24) is 0 Å². The number of halogens is 1. The third-order valence-corrected chi connectivity index (χ3v) is 3.09. The molecule has 2 rings (SSSR count). The fraction of sp³-hybridized carbons (Fsp3) is 0.0769. The molecule has 0 saturated carbocycles. The Hall–Kier alpha value is -1.07. The van der Waals surface area contributed by atoms with E-state index in [4.69, 9.17) is 4.74 Å². The summed E-state index contributed by atoms with van der Waals surface area (Å²) in [5.41, 5.74) is 0.794. The van der Waals surface area contributed by atoms with Crippen molar-refractivity contribution in [1.29, 1.82) is 0 Å². The van der Waals surface area contributed by atoms with Crippen LogP contribution in [-0.2, 0) is 6.61 Å². The molecule has 0 radical (unpaired) electrons. The molecule has 0 spiro atoms. The van der Waals surface area contributed by atoms with Crippen molar-refractivity contribution in [3.05, 3.63) is 57.7 Å². The fourth-order valence-corrected chi connectivity index (χ4v) is 1.88. The van der Waals surface area contributed by atoms with Crippen LogP contribution in [-0.4, -0.2) is 5.11 Å². The minimum atomic E-state index is -0.0143. The summed E-state index contributed by atoms with van der Waals surface area (Å²) < 4.78 is 6.81. The van der Waals surface area contributed by atoms with Crippen LogP contribution >= 0.6 is 22.6 Å². The topological polar surface area (TPSA) is 29.5 Å². The number of hydrogen-bond donors (Lipinski definition) is 1. The Balaban J connectivity index is 2.30. The van der Waals surface area contributed by atoms with Crippen LogP contribution in [0, 0.1) is 3.57 Å². The molecular formula is C13H11IO2. The number of benzene rings is 2. The maximum absolute atomic E-state index is 9.18. The van der Waals surface area contributed by atoms with Gasteiger partial charge in [0.15, 0.2) is 0 Å². The van der Waals surface area contributed by atoms with E-state index in [-0.39, 0.29) is 6.61 Å². The molecule has 2 aromatic rings. The number of aliphatic hydroxyl groups excluding tert-OH is 1. The number of rotatable bonds is 3. The number of hydrogen-bond acceptors (Lipinski definition) is 2. The van der Waals surface area contributed by atoms with Crippen LogP contribution in [0.4, 0.5) is 0 Å². The van der Waals surface area contributed by atoms with Gasteiger partial charge in [0.05, 0.1) is 10.2 Å². The molecule has 0 amide bonds. The van der Waals surface area contributed by atoms with Crippen molar-refractivity contribution in [3.8, 4) is 11.5 Å². The summed E-state index contributed by atoms with van der Waals surface area (Å²) in [5.74, 6) is 1.51. The molecule has 0 aliphatic carbocycles. The van der Waals surface area contributed by atoms with E-state index in [9.17, 15) is 5.11 Å². The van der Waals surface area contributed by atoms with Crippen LogP contribution in [0.25, 0.3) is 0 Å². The second-order valence-corrected chi connectivity index (χ2v) is 4.46. The van der Waals surface area contributed by atoms with Crippen LogP contribution in [0.3, 0.4) is 0 Å². The van der Waals surface area contributed by atoms with Gasteiger partial charge in [-0.15, -0.1) is 0 Å². The molecule has 82 valence electrons. The normalized spacial score (nSPS) is 10.1. The van der Waals surface area contributed by atoms with Crippen molar-refractivity contribution in [2.75, 3.05) is 0 Å². The zero-order valence-electron chi connectivity index (χ0n) is 8.56. The molecule has 0 atom stereocenters. The van der Waals surface area contributed by atoms with Gasteiger partial charge >= 0.3 is 0 Å². The molecule has 0 bridgehead atoms. The van der Waals surface area contributed by atoms with Gasteiger partial charge in [-0.2, -0.15) is 0 Å². The highest BCUT2D eigenvalue weighted by atomic mass is 127.